The summed E-state index contributed by atoms with van der Waals surface area (Å²) in [6.07, 6.45) is 9.28. The topological polar surface area (TPSA) is 57.6 Å². The minimum atomic E-state index is -0.805. The number of nitrogens with zero attached hydrogens (tertiary/aromatic N) is 1. The molecule has 19 heavy (non-hydrogen) atoms. The van der Waals surface area contributed by atoms with Crippen LogP contribution >= 0.6 is 0 Å². The fraction of sp³-hybridized carbons (Fsp3) is 0.867. The van der Waals surface area contributed by atoms with Gasteiger partial charge in [0.2, 0.25) is 5.91 Å². The summed E-state index contributed by atoms with van der Waals surface area (Å²) in [6.45, 7) is 0. The van der Waals surface area contributed by atoms with Gasteiger partial charge in [-0.05, 0) is 38.0 Å². The molecule has 3 fully saturated rings. The number of hydrogen-bond acceptors (Lipinski definition) is 2. The fourth-order valence-corrected chi connectivity index (χ4v) is 4.38. The molecule has 1 N–H and O–H groups in total. The second-order valence-electron chi connectivity index (χ2n) is 6.43. The summed E-state index contributed by atoms with van der Waals surface area (Å²) in [7, 11) is 0. The first kappa shape index (κ1) is 12.9. The molecule has 1 saturated heterocycles. The van der Waals surface area contributed by atoms with Crippen LogP contribution in [0.1, 0.15) is 57.8 Å². The SMILES string of the molecule is O=C(O)C1CC2CCCCC2N1C(=O)C1CCCC1. The molecule has 0 aromatic heterocycles. The van der Waals surface area contributed by atoms with Crippen molar-refractivity contribution >= 4 is 11.9 Å². The van der Waals surface area contributed by atoms with E-state index in [0.29, 0.717) is 12.3 Å². The average molecular weight is 265 g/mol. The zero-order valence-electron chi connectivity index (χ0n) is 11.4. The van der Waals surface area contributed by atoms with Gasteiger partial charge < -0.3 is 10.0 Å². The maximum Gasteiger partial charge on any atom is 0.326 e. The highest BCUT2D eigenvalue weighted by atomic mass is 16.4. The first-order valence-electron chi connectivity index (χ1n) is 7.73. The third-order valence-corrected chi connectivity index (χ3v) is 5.33. The Morgan fingerprint density at radius 2 is 1.58 bits per heavy atom. The van der Waals surface area contributed by atoms with Crippen LogP contribution in [0.5, 0.6) is 0 Å². The lowest BCUT2D eigenvalue weighted by Gasteiger charge is -2.34. The van der Waals surface area contributed by atoms with Crippen LogP contribution < -0.4 is 0 Å². The molecule has 2 aliphatic carbocycles. The van der Waals surface area contributed by atoms with E-state index in [4.69, 9.17) is 0 Å². The van der Waals surface area contributed by atoms with E-state index in [1.165, 1.54) is 6.42 Å². The lowest BCUT2D eigenvalue weighted by Crippen LogP contribution is -2.48. The summed E-state index contributed by atoms with van der Waals surface area (Å²) in [5.41, 5.74) is 0. The summed E-state index contributed by atoms with van der Waals surface area (Å²) < 4.78 is 0. The van der Waals surface area contributed by atoms with Crippen molar-refractivity contribution in [3.05, 3.63) is 0 Å². The third kappa shape index (κ3) is 2.26. The molecule has 1 heterocycles. The zero-order valence-corrected chi connectivity index (χ0v) is 11.4. The van der Waals surface area contributed by atoms with Crippen LogP contribution in [0.15, 0.2) is 0 Å². The van der Waals surface area contributed by atoms with E-state index in [1.54, 1.807) is 4.90 Å². The van der Waals surface area contributed by atoms with Crippen molar-refractivity contribution in [1.29, 1.82) is 0 Å². The summed E-state index contributed by atoms with van der Waals surface area (Å²) in [6, 6.07) is -0.343. The van der Waals surface area contributed by atoms with Crippen molar-refractivity contribution in [2.75, 3.05) is 0 Å². The molecule has 106 valence electrons. The highest BCUT2D eigenvalue weighted by Gasteiger charge is 2.48. The molecule has 0 radical (unpaired) electrons. The number of fused-ring (bicyclic) bond motifs is 1. The maximum absolute atomic E-state index is 12.7. The van der Waals surface area contributed by atoms with E-state index in [-0.39, 0.29) is 17.9 Å². The molecular weight excluding hydrogens is 242 g/mol. The van der Waals surface area contributed by atoms with Crippen molar-refractivity contribution in [3.8, 4) is 0 Å². The van der Waals surface area contributed by atoms with Crippen molar-refractivity contribution in [2.45, 2.75) is 69.9 Å². The molecule has 0 aromatic carbocycles. The second-order valence-corrected chi connectivity index (χ2v) is 6.43. The van der Waals surface area contributed by atoms with E-state index < -0.39 is 12.0 Å². The van der Waals surface area contributed by atoms with Crippen LogP contribution in [0.25, 0.3) is 0 Å². The lowest BCUT2D eigenvalue weighted by molar-refractivity contribution is -0.151. The lowest BCUT2D eigenvalue weighted by atomic mass is 9.84. The normalized spacial score (nSPS) is 35.4. The maximum atomic E-state index is 12.7. The molecule has 1 aliphatic heterocycles. The molecule has 3 atom stereocenters. The van der Waals surface area contributed by atoms with E-state index in [1.807, 2.05) is 0 Å². The van der Waals surface area contributed by atoms with Crippen LogP contribution in [0.3, 0.4) is 0 Å². The highest BCUT2D eigenvalue weighted by molar-refractivity contribution is 5.86. The van der Waals surface area contributed by atoms with Crippen LogP contribution in [-0.2, 0) is 9.59 Å². The Labute approximate surface area is 114 Å². The molecule has 3 unspecified atom stereocenters. The van der Waals surface area contributed by atoms with Gasteiger partial charge in [-0.2, -0.15) is 0 Å². The number of carboxylic acid groups (broad SMARTS) is 1. The van der Waals surface area contributed by atoms with Gasteiger partial charge in [-0.25, -0.2) is 4.79 Å². The minimum Gasteiger partial charge on any atom is -0.480 e. The Bertz CT molecular complexity index is 376. The number of carbonyl (C=O) groups is 2. The van der Waals surface area contributed by atoms with Crippen molar-refractivity contribution in [1.82, 2.24) is 4.90 Å². The van der Waals surface area contributed by atoms with Crippen LogP contribution in [0, 0.1) is 11.8 Å². The van der Waals surface area contributed by atoms with Gasteiger partial charge in [-0.3, -0.25) is 4.79 Å². The monoisotopic (exact) mass is 265 g/mol. The average Bonchev–Trinajstić information content (AvgIpc) is 3.05. The molecule has 1 amide bonds. The smallest absolute Gasteiger partial charge is 0.326 e. The van der Waals surface area contributed by atoms with Gasteiger partial charge >= 0.3 is 5.97 Å². The molecule has 4 nitrogen and oxygen atoms in total. The van der Waals surface area contributed by atoms with Crippen LogP contribution in [0.4, 0.5) is 0 Å². The Balaban J connectivity index is 1.81. The summed E-state index contributed by atoms with van der Waals surface area (Å²) in [5.74, 6) is -0.136. The standard InChI is InChI=1S/C15H23NO3/c17-14(10-5-1-2-6-10)16-12-8-4-3-7-11(12)9-13(16)15(18)19/h10-13H,1-9H2,(H,18,19). The first-order valence-corrected chi connectivity index (χ1v) is 7.73. The summed E-state index contributed by atoms with van der Waals surface area (Å²) in [4.78, 5) is 25.9. The number of amides is 1. The van der Waals surface area contributed by atoms with Gasteiger partial charge in [0.25, 0.3) is 0 Å². The van der Waals surface area contributed by atoms with E-state index in [2.05, 4.69) is 0 Å². The Hall–Kier alpha value is -1.06. The van der Waals surface area contributed by atoms with Crippen molar-refractivity contribution < 1.29 is 14.7 Å². The Morgan fingerprint density at radius 1 is 0.947 bits per heavy atom. The molecule has 2 saturated carbocycles. The predicted molar refractivity (Wildman–Crippen MR) is 70.6 cm³/mol. The number of aliphatic carboxylic acids is 1. The van der Waals surface area contributed by atoms with E-state index in [0.717, 1.165) is 44.9 Å². The number of rotatable bonds is 2. The zero-order chi connectivity index (χ0) is 13.4. The quantitative estimate of drug-likeness (QED) is 0.834. The van der Waals surface area contributed by atoms with E-state index in [9.17, 15) is 14.7 Å². The van der Waals surface area contributed by atoms with Gasteiger partial charge in [0.15, 0.2) is 0 Å². The molecule has 0 bridgehead atoms. The van der Waals surface area contributed by atoms with Gasteiger partial charge in [0.05, 0.1) is 0 Å². The minimum absolute atomic E-state index is 0.0996. The summed E-state index contributed by atoms with van der Waals surface area (Å²) in [5, 5.41) is 9.43. The van der Waals surface area contributed by atoms with Gasteiger partial charge in [0, 0.05) is 12.0 Å². The molecule has 0 spiro atoms. The number of likely N-dealkylation sites (tertiary alicyclic amines) is 1. The number of carbonyl (C=O) groups excluding carboxylic acids is 1. The summed E-state index contributed by atoms with van der Waals surface area (Å²) >= 11 is 0. The Morgan fingerprint density at radius 3 is 2.26 bits per heavy atom. The van der Waals surface area contributed by atoms with Crippen LogP contribution in [0.2, 0.25) is 0 Å². The molecule has 4 heteroatoms. The number of hydrogen-bond donors (Lipinski definition) is 1. The third-order valence-electron chi connectivity index (χ3n) is 5.33. The molecule has 3 rings (SSSR count). The fourth-order valence-electron chi connectivity index (χ4n) is 4.38. The van der Waals surface area contributed by atoms with Gasteiger partial charge in [-0.1, -0.05) is 25.7 Å². The molecule has 3 aliphatic rings. The largest absolute Gasteiger partial charge is 0.480 e. The number of carboxylic acids is 1. The van der Waals surface area contributed by atoms with Crippen molar-refractivity contribution in [3.63, 3.8) is 0 Å². The Kier molecular flexibility index (Phi) is 3.50. The van der Waals surface area contributed by atoms with Crippen LogP contribution in [-0.4, -0.2) is 34.0 Å². The highest BCUT2D eigenvalue weighted by Crippen LogP contribution is 2.41. The first-order chi connectivity index (χ1) is 9.18. The second kappa shape index (κ2) is 5.14. The van der Waals surface area contributed by atoms with Gasteiger partial charge in [0.1, 0.15) is 6.04 Å². The molecular formula is C15H23NO3. The van der Waals surface area contributed by atoms with Crippen molar-refractivity contribution in [2.24, 2.45) is 11.8 Å². The molecule has 0 aromatic rings. The van der Waals surface area contributed by atoms with Gasteiger partial charge in [-0.15, -0.1) is 0 Å². The van der Waals surface area contributed by atoms with E-state index >= 15 is 0 Å². The predicted octanol–water partition coefficient (Wildman–Crippen LogP) is 2.42.